The Balaban J connectivity index is 2.36. The van der Waals surface area contributed by atoms with Crippen LogP contribution in [0.2, 0.25) is 0 Å². The summed E-state index contributed by atoms with van der Waals surface area (Å²) in [6, 6.07) is 5.70. The Bertz CT molecular complexity index is 316. The molecule has 0 saturated heterocycles. The molecule has 0 radical (unpaired) electrons. The summed E-state index contributed by atoms with van der Waals surface area (Å²) in [5.74, 6) is 0.710. The van der Waals surface area contributed by atoms with Crippen molar-refractivity contribution in [1.29, 1.82) is 0 Å². The smallest absolute Gasteiger partial charge is 0.143 e. The first kappa shape index (κ1) is 12.6. The van der Waals surface area contributed by atoms with E-state index < -0.39 is 0 Å². The molecule has 0 aliphatic heterocycles. The average molecular weight is 224 g/mol. The van der Waals surface area contributed by atoms with Gasteiger partial charge in [0.2, 0.25) is 0 Å². The second-order valence-electron chi connectivity index (χ2n) is 3.58. The first-order chi connectivity index (χ1) is 7.77. The van der Waals surface area contributed by atoms with Crippen LogP contribution in [0.1, 0.15) is 12.8 Å². The van der Waals surface area contributed by atoms with Gasteiger partial charge in [-0.25, -0.2) is 0 Å². The van der Waals surface area contributed by atoms with Gasteiger partial charge in [-0.3, -0.25) is 0 Å². The molecule has 0 unspecified atom stereocenters. The van der Waals surface area contributed by atoms with E-state index in [2.05, 4.69) is 5.32 Å². The second kappa shape index (κ2) is 6.95. The number of hydrogen-bond acceptors (Lipinski definition) is 4. The van der Waals surface area contributed by atoms with E-state index in [-0.39, 0.29) is 0 Å². The largest absolute Gasteiger partial charge is 0.495 e. The van der Waals surface area contributed by atoms with Crippen molar-refractivity contribution in [2.24, 2.45) is 0 Å². The van der Waals surface area contributed by atoms with E-state index in [9.17, 15) is 0 Å². The number of unbranched alkanes of at least 4 members (excludes halogenated alkanes) is 1. The summed E-state index contributed by atoms with van der Waals surface area (Å²) < 4.78 is 10.1. The van der Waals surface area contributed by atoms with Gasteiger partial charge in [-0.15, -0.1) is 0 Å². The highest BCUT2D eigenvalue weighted by atomic mass is 16.5. The Labute approximate surface area is 96.7 Å². The molecule has 0 bridgehead atoms. The molecular formula is C12H20N2O2. The highest BCUT2D eigenvalue weighted by Gasteiger charge is 2.00. The molecule has 0 aliphatic rings. The predicted molar refractivity (Wildman–Crippen MR) is 67.0 cm³/mol. The van der Waals surface area contributed by atoms with Crippen molar-refractivity contribution >= 4 is 11.4 Å². The number of rotatable bonds is 7. The van der Waals surface area contributed by atoms with E-state index >= 15 is 0 Å². The molecular weight excluding hydrogens is 204 g/mol. The molecule has 0 amide bonds. The standard InChI is InChI=1S/C12H20N2O2/c1-15-8-4-3-7-14-10-5-6-11(13)12(9-10)16-2/h5-6,9,14H,3-4,7-8,13H2,1-2H3. The number of benzene rings is 1. The Kier molecular flexibility index (Phi) is 5.50. The highest BCUT2D eigenvalue weighted by Crippen LogP contribution is 2.24. The molecule has 4 heteroatoms. The van der Waals surface area contributed by atoms with Crippen LogP contribution in [0.25, 0.3) is 0 Å². The number of anilines is 2. The van der Waals surface area contributed by atoms with Crippen LogP contribution in [0, 0.1) is 0 Å². The molecule has 0 saturated carbocycles. The van der Waals surface area contributed by atoms with Gasteiger partial charge in [-0.05, 0) is 25.0 Å². The van der Waals surface area contributed by atoms with Gasteiger partial charge in [-0.1, -0.05) is 0 Å². The zero-order chi connectivity index (χ0) is 11.8. The number of nitrogen functional groups attached to an aromatic ring is 1. The van der Waals surface area contributed by atoms with E-state index in [0.29, 0.717) is 11.4 Å². The number of methoxy groups -OCH3 is 2. The van der Waals surface area contributed by atoms with Gasteiger partial charge in [0.1, 0.15) is 5.75 Å². The monoisotopic (exact) mass is 224 g/mol. The van der Waals surface area contributed by atoms with Crippen LogP contribution in [-0.2, 0) is 4.74 Å². The summed E-state index contributed by atoms with van der Waals surface area (Å²) in [5, 5.41) is 3.31. The summed E-state index contributed by atoms with van der Waals surface area (Å²) in [6.07, 6.45) is 2.15. The van der Waals surface area contributed by atoms with Gasteiger partial charge < -0.3 is 20.5 Å². The van der Waals surface area contributed by atoms with Gasteiger partial charge in [0.05, 0.1) is 12.8 Å². The predicted octanol–water partition coefficient (Wildman–Crippen LogP) is 2.12. The van der Waals surface area contributed by atoms with Gasteiger partial charge in [0.15, 0.2) is 0 Å². The normalized spacial score (nSPS) is 10.1. The Morgan fingerprint density at radius 1 is 1.25 bits per heavy atom. The minimum absolute atomic E-state index is 0.660. The molecule has 0 aliphatic carbocycles. The van der Waals surface area contributed by atoms with E-state index in [1.807, 2.05) is 18.2 Å². The SMILES string of the molecule is COCCCCNc1ccc(N)c(OC)c1. The number of nitrogens with one attached hydrogen (secondary N) is 1. The van der Waals surface area contributed by atoms with Gasteiger partial charge in [0, 0.05) is 32.0 Å². The fraction of sp³-hybridized carbons (Fsp3) is 0.500. The van der Waals surface area contributed by atoms with Crippen LogP contribution in [0.3, 0.4) is 0 Å². The van der Waals surface area contributed by atoms with E-state index in [4.69, 9.17) is 15.2 Å². The third-order valence-electron chi connectivity index (χ3n) is 2.34. The molecule has 90 valence electrons. The van der Waals surface area contributed by atoms with E-state index in [1.54, 1.807) is 14.2 Å². The van der Waals surface area contributed by atoms with Gasteiger partial charge in [-0.2, -0.15) is 0 Å². The molecule has 0 aromatic heterocycles. The van der Waals surface area contributed by atoms with Crippen molar-refractivity contribution in [2.75, 3.05) is 38.4 Å². The maximum absolute atomic E-state index is 5.73. The van der Waals surface area contributed by atoms with Crippen molar-refractivity contribution < 1.29 is 9.47 Å². The molecule has 0 spiro atoms. The van der Waals surface area contributed by atoms with Gasteiger partial charge in [0.25, 0.3) is 0 Å². The minimum Gasteiger partial charge on any atom is -0.495 e. The molecule has 0 fully saturated rings. The lowest BCUT2D eigenvalue weighted by Gasteiger charge is -2.09. The zero-order valence-electron chi connectivity index (χ0n) is 9.95. The third kappa shape index (κ3) is 3.98. The topological polar surface area (TPSA) is 56.5 Å². The van der Waals surface area contributed by atoms with Gasteiger partial charge >= 0.3 is 0 Å². The molecule has 0 atom stereocenters. The van der Waals surface area contributed by atoms with Crippen molar-refractivity contribution in [3.05, 3.63) is 18.2 Å². The fourth-order valence-electron chi connectivity index (χ4n) is 1.43. The second-order valence-corrected chi connectivity index (χ2v) is 3.58. The summed E-state index contributed by atoms with van der Waals surface area (Å²) in [4.78, 5) is 0. The Morgan fingerprint density at radius 2 is 2.06 bits per heavy atom. The number of nitrogens with two attached hydrogens (primary N) is 1. The minimum atomic E-state index is 0.660. The lowest BCUT2D eigenvalue weighted by molar-refractivity contribution is 0.194. The molecule has 0 heterocycles. The summed E-state index contributed by atoms with van der Waals surface area (Å²) in [5.41, 5.74) is 7.42. The summed E-state index contributed by atoms with van der Waals surface area (Å²) in [7, 11) is 3.34. The lowest BCUT2D eigenvalue weighted by Crippen LogP contribution is -2.03. The number of hydrogen-bond donors (Lipinski definition) is 2. The van der Waals surface area contributed by atoms with E-state index in [0.717, 1.165) is 31.7 Å². The molecule has 4 nitrogen and oxygen atoms in total. The van der Waals surface area contributed by atoms with Crippen LogP contribution < -0.4 is 15.8 Å². The Hall–Kier alpha value is -1.42. The quantitative estimate of drug-likeness (QED) is 0.550. The van der Waals surface area contributed by atoms with Crippen molar-refractivity contribution in [1.82, 2.24) is 0 Å². The Morgan fingerprint density at radius 3 is 2.75 bits per heavy atom. The first-order valence-corrected chi connectivity index (χ1v) is 5.44. The van der Waals surface area contributed by atoms with Crippen LogP contribution >= 0.6 is 0 Å². The van der Waals surface area contributed by atoms with Crippen molar-refractivity contribution in [3.63, 3.8) is 0 Å². The zero-order valence-corrected chi connectivity index (χ0v) is 9.95. The molecule has 1 aromatic rings. The average Bonchev–Trinajstić information content (AvgIpc) is 2.31. The van der Waals surface area contributed by atoms with E-state index in [1.165, 1.54) is 0 Å². The van der Waals surface area contributed by atoms with Crippen molar-refractivity contribution in [2.45, 2.75) is 12.8 Å². The first-order valence-electron chi connectivity index (χ1n) is 5.44. The van der Waals surface area contributed by atoms with Crippen LogP contribution in [0.4, 0.5) is 11.4 Å². The van der Waals surface area contributed by atoms with Crippen LogP contribution in [-0.4, -0.2) is 27.4 Å². The lowest BCUT2D eigenvalue weighted by atomic mass is 10.2. The summed E-state index contributed by atoms with van der Waals surface area (Å²) in [6.45, 7) is 1.74. The maximum atomic E-state index is 5.73. The van der Waals surface area contributed by atoms with Crippen molar-refractivity contribution in [3.8, 4) is 5.75 Å². The van der Waals surface area contributed by atoms with Crippen LogP contribution in [0.15, 0.2) is 18.2 Å². The third-order valence-corrected chi connectivity index (χ3v) is 2.34. The van der Waals surface area contributed by atoms with Crippen LogP contribution in [0.5, 0.6) is 5.75 Å². The fourth-order valence-corrected chi connectivity index (χ4v) is 1.43. The maximum Gasteiger partial charge on any atom is 0.143 e. The number of ether oxygens (including phenoxy) is 2. The summed E-state index contributed by atoms with van der Waals surface area (Å²) >= 11 is 0. The molecule has 3 N–H and O–H groups in total. The molecule has 16 heavy (non-hydrogen) atoms. The highest BCUT2D eigenvalue weighted by molar-refractivity contribution is 5.61. The molecule has 1 rings (SSSR count). The molecule has 1 aromatic carbocycles.